The molecule has 0 unspecified atom stereocenters. The fraction of sp³-hybridized carbons (Fsp3) is 0.160. The molecule has 4 rings (SSSR count). The molecule has 0 atom stereocenters. The van der Waals surface area contributed by atoms with Crippen molar-refractivity contribution in [3.05, 3.63) is 95.8 Å². The first-order valence-electron chi connectivity index (χ1n) is 10.4. The van der Waals surface area contributed by atoms with Gasteiger partial charge >= 0.3 is 0 Å². The summed E-state index contributed by atoms with van der Waals surface area (Å²) in [5.74, 6) is 0.869. The van der Waals surface area contributed by atoms with Crippen LogP contribution in [0.15, 0.2) is 84.0 Å². The highest BCUT2D eigenvalue weighted by molar-refractivity contribution is 7.99. The van der Waals surface area contributed by atoms with Crippen molar-refractivity contribution in [2.75, 3.05) is 12.9 Å². The zero-order valence-corrected chi connectivity index (χ0v) is 18.9. The van der Waals surface area contributed by atoms with E-state index >= 15 is 0 Å². The Bertz CT molecular complexity index is 1210. The lowest BCUT2D eigenvalue weighted by molar-refractivity contribution is -0.118. The summed E-state index contributed by atoms with van der Waals surface area (Å²) in [4.78, 5) is 12.4. The highest BCUT2D eigenvalue weighted by Crippen LogP contribution is 2.27. The van der Waals surface area contributed by atoms with Gasteiger partial charge in [-0.2, -0.15) is 0 Å². The molecule has 1 aromatic heterocycles. The number of carbonyl (C=O) groups excluding carboxylic acids is 1. The zero-order valence-electron chi connectivity index (χ0n) is 18.1. The lowest BCUT2D eigenvalue weighted by Gasteiger charge is -2.11. The number of halogens is 1. The van der Waals surface area contributed by atoms with Crippen LogP contribution >= 0.6 is 11.8 Å². The van der Waals surface area contributed by atoms with Crippen molar-refractivity contribution in [1.82, 2.24) is 20.1 Å². The molecular formula is C25H23FN4O2S. The van der Waals surface area contributed by atoms with E-state index in [1.165, 1.54) is 17.8 Å². The van der Waals surface area contributed by atoms with Crippen molar-refractivity contribution in [2.45, 2.75) is 18.2 Å². The number of nitrogens with zero attached hydrogens (tertiary/aromatic N) is 3. The van der Waals surface area contributed by atoms with Crippen molar-refractivity contribution in [3.63, 3.8) is 0 Å². The number of nitrogens with one attached hydrogen (secondary N) is 1. The number of hydrogen-bond acceptors (Lipinski definition) is 5. The summed E-state index contributed by atoms with van der Waals surface area (Å²) in [5.41, 5.74) is 2.38. The fourth-order valence-corrected chi connectivity index (χ4v) is 4.04. The van der Waals surface area contributed by atoms with Crippen LogP contribution in [0.4, 0.5) is 4.39 Å². The first-order chi connectivity index (χ1) is 16.1. The van der Waals surface area contributed by atoms with Crippen molar-refractivity contribution < 1.29 is 13.9 Å². The Morgan fingerprint density at radius 2 is 1.70 bits per heavy atom. The summed E-state index contributed by atoms with van der Waals surface area (Å²) in [6.07, 6.45) is 0. The van der Waals surface area contributed by atoms with Gasteiger partial charge in [0, 0.05) is 6.54 Å². The molecule has 0 aliphatic rings. The molecule has 0 aliphatic carbocycles. The molecule has 8 heteroatoms. The Kier molecular flexibility index (Phi) is 7.36. The number of thioether (sulfide) groups is 1. The molecule has 0 fully saturated rings. The smallest absolute Gasteiger partial charge is 0.230 e. The molecule has 4 aromatic rings. The second-order valence-electron chi connectivity index (χ2n) is 7.27. The largest absolute Gasteiger partial charge is 0.497 e. The average Bonchev–Trinajstić information content (AvgIpc) is 3.24. The predicted octanol–water partition coefficient (Wildman–Crippen LogP) is 4.55. The lowest BCUT2D eigenvalue weighted by Crippen LogP contribution is -2.24. The van der Waals surface area contributed by atoms with Gasteiger partial charge in [-0.3, -0.25) is 9.36 Å². The number of rotatable bonds is 9. The molecular weight excluding hydrogens is 439 g/mol. The average molecular weight is 463 g/mol. The third kappa shape index (κ3) is 5.78. The van der Waals surface area contributed by atoms with Crippen LogP contribution < -0.4 is 10.1 Å². The second-order valence-corrected chi connectivity index (χ2v) is 8.21. The van der Waals surface area contributed by atoms with Crippen LogP contribution in [-0.4, -0.2) is 33.5 Å². The van der Waals surface area contributed by atoms with E-state index in [9.17, 15) is 9.18 Å². The summed E-state index contributed by atoms with van der Waals surface area (Å²) in [5, 5.41) is 12.0. The van der Waals surface area contributed by atoms with Crippen molar-refractivity contribution in [3.8, 4) is 17.1 Å². The van der Waals surface area contributed by atoms with Gasteiger partial charge in [0.25, 0.3) is 0 Å². The van der Waals surface area contributed by atoms with Crippen LogP contribution in [0.25, 0.3) is 11.4 Å². The molecule has 1 heterocycles. The highest BCUT2D eigenvalue weighted by Gasteiger charge is 2.18. The molecule has 33 heavy (non-hydrogen) atoms. The van der Waals surface area contributed by atoms with Crippen molar-refractivity contribution in [1.29, 1.82) is 0 Å². The van der Waals surface area contributed by atoms with E-state index in [0.29, 0.717) is 29.6 Å². The number of aromatic nitrogens is 3. The van der Waals surface area contributed by atoms with E-state index in [1.54, 1.807) is 25.3 Å². The topological polar surface area (TPSA) is 69.0 Å². The van der Waals surface area contributed by atoms with Gasteiger partial charge in [0.1, 0.15) is 11.6 Å². The number of carbonyl (C=O) groups is 1. The summed E-state index contributed by atoms with van der Waals surface area (Å²) >= 11 is 1.27. The Morgan fingerprint density at radius 1 is 0.970 bits per heavy atom. The van der Waals surface area contributed by atoms with Gasteiger partial charge in [-0.05, 0) is 35.4 Å². The van der Waals surface area contributed by atoms with Crippen molar-refractivity contribution in [2.24, 2.45) is 0 Å². The minimum absolute atomic E-state index is 0.127. The summed E-state index contributed by atoms with van der Waals surface area (Å²) in [7, 11) is 1.61. The third-order valence-electron chi connectivity index (χ3n) is 5.00. The Labute approximate surface area is 195 Å². The van der Waals surface area contributed by atoms with Gasteiger partial charge in [0.2, 0.25) is 5.91 Å². The van der Waals surface area contributed by atoms with Gasteiger partial charge in [-0.15, -0.1) is 10.2 Å². The maximum absolute atomic E-state index is 14.5. The summed E-state index contributed by atoms with van der Waals surface area (Å²) < 4.78 is 21.5. The summed E-state index contributed by atoms with van der Waals surface area (Å²) in [6, 6.07) is 23.8. The lowest BCUT2D eigenvalue weighted by atomic mass is 10.2. The second kappa shape index (κ2) is 10.8. The minimum atomic E-state index is -0.368. The van der Waals surface area contributed by atoms with E-state index in [1.807, 2.05) is 59.2 Å². The van der Waals surface area contributed by atoms with E-state index in [0.717, 1.165) is 16.9 Å². The van der Waals surface area contributed by atoms with Gasteiger partial charge in [0.05, 0.1) is 25.0 Å². The highest BCUT2D eigenvalue weighted by atomic mass is 32.2. The van der Waals surface area contributed by atoms with E-state index in [2.05, 4.69) is 15.5 Å². The predicted molar refractivity (Wildman–Crippen MR) is 127 cm³/mol. The van der Waals surface area contributed by atoms with E-state index in [-0.39, 0.29) is 17.5 Å². The Morgan fingerprint density at radius 3 is 2.42 bits per heavy atom. The van der Waals surface area contributed by atoms with Gasteiger partial charge in [-0.25, -0.2) is 4.39 Å². The molecule has 0 aliphatic heterocycles. The SMILES string of the molecule is COc1ccc(CNC(=O)CSc2nnc(-c3ccccc3F)n2Cc2ccccc2)cc1. The molecule has 0 spiro atoms. The Balaban J connectivity index is 1.47. The minimum Gasteiger partial charge on any atom is -0.497 e. The first-order valence-corrected chi connectivity index (χ1v) is 11.4. The molecule has 0 saturated heterocycles. The summed E-state index contributed by atoms with van der Waals surface area (Å²) in [6.45, 7) is 0.883. The number of amides is 1. The van der Waals surface area contributed by atoms with Crippen LogP contribution in [-0.2, 0) is 17.9 Å². The number of methoxy groups -OCH3 is 1. The monoisotopic (exact) mass is 462 g/mol. The molecule has 0 bridgehead atoms. The molecule has 1 amide bonds. The molecule has 0 radical (unpaired) electrons. The molecule has 3 aromatic carbocycles. The van der Waals surface area contributed by atoms with Crippen LogP contribution in [0.5, 0.6) is 5.75 Å². The van der Waals surface area contributed by atoms with Crippen LogP contribution in [0.2, 0.25) is 0 Å². The third-order valence-corrected chi connectivity index (χ3v) is 5.96. The Hall–Kier alpha value is -3.65. The molecule has 1 N–H and O–H groups in total. The first kappa shape index (κ1) is 22.5. The van der Waals surface area contributed by atoms with E-state index in [4.69, 9.17) is 4.74 Å². The zero-order chi connectivity index (χ0) is 23.0. The van der Waals surface area contributed by atoms with Crippen LogP contribution in [0, 0.1) is 5.82 Å². The fourth-order valence-electron chi connectivity index (χ4n) is 3.27. The molecule has 168 valence electrons. The number of ether oxygens (including phenoxy) is 1. The number of hydrogen-bond donors (Lipinski definition) is 1. The maximum atomic E-state index is 14.5. The van der Waals surface area contributed by atoms with Gasteiger partial charge in [-0.1, -0.05) is 66.4 Å². The normalized spacial score (nSPS) is 10.7. The van der Waals surface area contributed by atoms with Crippen molar-refractivity contribution >= 4 is 17.7 Å². The van der Waals surface area contributed by atoms with Gasteiger partial charge < -0.3 is 10.1 Å². The molecule has 6 nitrogen and oxygen atoms in total. The quantitative estimate of drug-likeness (QED) is 0.370. The standard InChI is InChI=1S/C25H23FN4O2S/c1-32-20-13-11-18(12-14-20)15-27-23(31)17-33-25-29-28-24(21-9-5-6-10-22(21)26)30(25)16-19-7-3-2-4-8-19/h2-14H,15-17H2,1H3,(H,27,31). The number of benzene rings is 3. The van der Waals surface area contributed by atoms with E-state index < -0.39 is 0 Å². The molecule has 0 saturated carbocycles. The van der Waals surface area contributed by atoms with Crippen LogP contribution in [0.1, 0.15) is 11.1 Å². The maximum Gasteiger partial charge on any atom is 0.230 e. The van der Waals surface area contributed by atoms with Gasteiger partial charge in [0.15, 0.2) is 11.0 Å². The van der Waals surface area contributed by atoms with Crippen LogP contribution in [0.3, 0.4) is 0 Å².